The number of nitrogen functional groups attached to an aromatic ring is 1. The van der Waals surface area contributed by atoms with Crippen LogP contribution in [0.3, 0.4) is 0 Å². The molecule has 122 valence electrons. The number of fused-ring (bicyclic) bond motifs is 1. The number of anilines is 1. The van der Waals surface area contributed by atoms with Crippen molar-refractivity contribution in [3.8, 4) is 17.2 Å². The summed E-state index contributed by atoms with van der Waals surface area (Å²) in [6.45, 7) is 2.20. The van der Waals surface area contributed by atoms with Crippen LogP contribution >= 0.6 is 0 Å². The van der Waals surface area contributed by atoms with Crippen molar-refractivity contribution in [3.63, 3.8) is 0 Å². The second-order valence-electron chi connectivity index (χ2n) is 6.20. The molecule has 24 heavy (non-hydrogen) atoms. The molecule has 2 N–H and O–H groups in total. The second-order valence-corrected chi connectivity index (χ2v) is 6.20. The van der Waals surface area contributed by atoms with Crippen molar-refractivity contribution < 1.29 is 9.53 Å². The van der Waals surface area contributed by atoms with Crippen molar-refractivity contribution in [2.75, 3.05) is 12.8 Å². The predicted octanol–water partition coefficient (Wildman–Crippen LogP) is 3.11. The summed E-state index contributed by atoms with van der Waals surface area (Å²) < 4.78 is 4.73. The number of carbonyl (C=O) groups is 1. The molecule has 0 radical (unpaired) electrons. The van der Waals surface area contributed by atoms with Gasteiger partial charge in [-0.2, -0.15) is 5.26 Å². The van der Waals surface area contributed by atoms with Gasteiger partial charge < -0.3 is 10.5 Å². The first-order valence-electron chi connectivity index (χ1n) is 7.95. The second kappa shape index (κ2) is 6.32. The highest BCUT2D eigenvalue weighted by Gasteiger charge is 2.24. The van der Waals surface area contributed by atoms with E-state index in [-0.39, 0.29) is 11.8 Å². The summed E-state index contributed by atoms with van der Waals surface area (Å²) in [5, 5.41) is 9.56. The summed E-state index contributed by atoms with van der Waals surface area (Å²) in [5.74, 6) is 0.437. The first-order valence-corrected chi connectivity index (χ1v) is 7.95. The van der Waals surface area contributed by atoms with Gasteiger partial charge in [0, 0.05) is 11.3 Å². The van der Waals surface area contributed by atoms with Crippen LogP contribution in [0.5, 0.6) is 0 Å². The fourth-order valence-electron chi connectivity index (χ4n) is 3.27. The van der Waals surface area contributed by atoms with Gasteiger partial charge in [0.05, 0.1) is 12.7 Å². The molecule has 1 aromatic heterocycles. The smallest absolute Gasteiger partial charge is 0.337 e. The first-order chi connectivity index (χ1) is 11.5. The lowest BCUT2D eigenvalue weighted by molar-refractivity contribution is 0.0601. The van der Waals surface area contributed by atoms with Crippen LogP contribution in [-0.4, -0.2) is 18.1 Å². The third kappa shape index (κ3) is 2.71. The topological polar surface area (TPSA) is 89.0 Å². The molecule has 1 heterocycles. The van der Waals surface area contributed by atoms with Gasteiger partial charge in [-0.15, -0.1) is 0 Å². The van der Waals surface area contributed by atoms with E-state index in [0.29, 0.717) is 17.0 Å². The Morgan fingerprint density at radius 2 is 2.08 bits per heavy atom. The van der Waals surface area contributed by atoms with Crippen LogP contribution in [0.1, 0.15) is 40.5 Å². The van der Waals surface area contributed by atoms with Crippen LogP contribution in [0.2, 0.25) is 0 Å². The molecule has 2 aromatic rings. The maximum absolute atomic E-state index is 11.6. The maximum Gasteiger partial charge on any atom is 0.337 e. The number of nitriles is 1. The van der Waals surface area contributed by atoms with E-state index in [4.69, 9.17) is 10.5 Å². The summed E-state index contributed by atoms with van der Waals surface area (Å²) in [7, 11) is 1.35. The number of nitrogens with two attached hydrogens (primary N) is 1. The standard InChI is InChI=1S/C19H19N3O2/c1-11-3-8-16-14(9-11)17(15(10-20)18(21)22-16)12-4-6-13(7-5-12)19(23)24-2/h4-7,11H,3,8-9H2,1-2H3,(H2,21,22). The van der Waals surface area contributed by atoms with Crippen molar-refractivity contribution in [1.82, 2.24) is 4.98 Å². The molecule has 0 saturated heterocycles. The Hall–Kier alpha value is -2.87. The third-order valence-electron chi connectivity index (χ3n) is 4.54. The molecular formula is C19H19N3O2. The number of aromatic nitrogens is 1. The van der Waals surface area contributed by atoms with Gasteiger partial charge in [0.2, 0.25) is 0 Å². The van der Waals surface area contributed by atoms with E-state index in [1.165, 1.54) is 7.11 Å². The lowest BCUT2D eigenvalue weighted by atomic mass is 9.82. The monoisotopic (exact) mass is 321 g/mol. The van der Waals surface area contributed by atoms with Crippen LogP contribution in [0.25, 0.3) is 11.1 Å². The zero-order valence-corrected chi connectivity index (χ0v) is 13.8. The molecule has 0 spiro atoms. The Morgan fingerprint density at radius 3 is 2.71 bits per heavy atom. The van der Waals surface area contributed by atoms with Crippen molar-refractivity contribution in [3.05, 3.63) is 46.6 Å². The highest BCUT2D eigenvalue weighted by Crippen LogP contribution is 2.37. The molecule has 1 aromatic carbocycles. The fraction of sp³-hybridized carbons (Fsp3) is 0.316. The van der Waals surface area contributed by atoms with Crippen LogP contribution in [0.15, 0.2) is 24.3 Å². The zero-order valence-electron chi connectivity index (χ0n) is 13.8. The van der Waals surface area contributed by atoms with E-state index in [2.05, 4.69) is 18.0 Å². The summed E-state index contributed by atoms with van der Waals surface area (Å²) in [5.41, 5.74) is 10.7. The SMILES string of the molecule is COC(=O)c1ccc(-c2c(C#N)c(N)nc3c2CC(C)CC3)cc1. The van der Waals surface area contributed by atoms with Crippen LogP contribution in [0, 0.1) is 17.2 Å². The molecule has 5 heteroatoms. The lowest BCUT2D eigenvalue weighted by Crippen LogP contribution is -2.16. The molecule has 0 bridgehead atoms. The molecule has 1 aliphatic carbocycles. The molecule has 0 aliphatic heterocycles. The van der Waals surface area contributed by atoms with Gasteiger partial charge >= 0.3 is 5.97 Å². The number of nitrogens with zero attached hydrogens (tertiary/aromatic N) is 2. The number of ether oxygens (including phenoxy) is 1. The molecule has 1 unspecified atom stereocenters. The summed E-state index contributed by atoms with van der Waals surface area (Å²) in [6, 6.07) is 9.28. The summed E-state index contributed by atoms with van der Waals surface area (Å²) >= 11 is 0. The Kier molecular flexibility index (Phi) is 4.22. The fourth-order valence-corrected chi connectivity index (χ4v) is 3.27. The molecule has 1 aliphatic rings. The number of esters is 1. The number of hydrogen-bond acceptors (Lipinski definition) is 5. The highest BCUT2D eigenvalue weighted by molar-refractivity contribution is 5.90. The van der Waals surface area contributed by atoms with E-state index < -0.39 is 0 Å². The number of carbonyl (C=O) groups excluding carboxylic acids is 1. The van der Waals surface area contributed by atoms with Gasteiger partial charge in [-0.25, -0.2) is 9.78 Å². The van der Waals surface area contributed by atoms with E-state index in [1.54, 1.807) is 12.1 Å². The molecule has 0 fully saturated rings. The van der Waals surface area contributed by atoms with Gasteiger partial charge in [-0.05, 0) is 48.4 Å². The van der Waals surface area contributed by atoms with Gasteiger partial charge in [-0.1, -0.05) is 19.1 Å². The van der Waals surface area contributed by atoms with Crippen LogP contribution < -0.4 is 5.73 Å². The summed E-state index contributed by atoms with van der Waals surface area (Å²) in [6.07, 6.45) is 2.83. The highest BCUT2D eigenvalue weighted by atomic mass is 16.5. The van der Waals surface area contributed by atoms with Crippen molar-refractivity contribution in [1.29, 1.82) is 5.26 Å². The number of rotatable bonds is 2. The Bertz CT molecular complexity index is 835. The quantitative estimate of drug-likeness (QED) is 0.858. The molecule has 1 atom stereocenters. The predicted molar refractivity (Wildman–Crippen MR) is 91.3 cm³/mol. The molecule has 0 saturated carbocycles. The lowest BCUT2D eigenvalue weighted by Gasteiger charge is -2.25. The normalized spacial score (nSPS) is 16.1. The van der Waals surface area contributed by atoms with Gasteiger partial charge in [0.15, 0.2) is 0 Å². The van der Waals surface area contributed by atoms with Crippen LogP contribution in [-0.2, 0) is 17.6 Å². The molecular weight excluding hydrogens is 302 g/mol. The van der Waals surface area contributed by atoms with Crippen molar-refractivity contribution in [2.45, 2.75) is 26.2 Å². The van der Waals surface area contributed by atoms with Gasteiger partial charge in [0.25, 0.3) is 0 Å². The van der Waals surface area contributed by atoms with E-state index in [9.17, 15) is 10.1 Å². The zero-order chi connectivity index (χ0) is 17.3. The average Bonchev–Trinajstić information content (AvgIpc) is 2.60. The molecule has 0 amide bonds. The maximum atomic E-state index is 11.6. The number of pyridine rings is 1. The Morgan fingerprint density at radius 1 is 1.38 bits per heavy atom. The first kappa shape index (κ1) is 16.0. The minimum Gasteiger partial charge on any atom is -0.465 e. The van der Waals surface area contributed by atoms with E-state index in [0.717, 1.165) is 41.6 Å². The third-order valence-corrected chi connectivity index (χ3v) is 4.54. The minimum absolute atomic E-state index is 0.276. The van der Waals surface area contributed by atoms with Crippen molar-refractivity contribution >= 4 is 11.8 Å². The number of hydrogen-bond donors (Lipinski definition) is 1. The number of benzene rings is 1. The Labute approximate surface area is 141 Å². The molecule has 3 rings (SSSR count). The Balaban J connectivity index is 2.18. The largest absolute Gasteiger partial charge is 0.465 e. The van der Waals surface area contributed by atoms with Crippen LogP contribution in [0.4, 0.5) is 5.82 Å². The molecule has 5 nitrogen and oxygen atoms in total. The average molecular weight is 321 g/mol. The van der Waals surface area contributed by atoms with Gasteiger partial charge in [-0.3, -0.25) is 0 Å². The van der Waals surface area contributed by atoms with Gasteiger partial charge in [0.1, 0.15) is 17.5 Å². The van der Waals surface area contributed by atoms with E-state index in [1.807, 2.05) is 12.1 Å². The minimum atomic E-state index is -0.382. The number of methoxy groups -OCH3 is 1. The van der Waals surface area contributed by atoms with E-state index >= 15 is 0 Å². The van der Waals surface area contributed by atoms with Crippen molar-refractivity contribution in [2.24, 2.45) is 5.92 Å². The number of aryl methyl sites for hydroxylation is 1. The summed E-state index contributed by atoms with van der Waals surface area (Å²) in [4.78, 5) is 16.1.